The Kier molecular flexibility index (Phi) is 5.60. The molecule has 0 radical (unpaired) electrons. The largest absolute Gasteiger partial charge is 0.478 e. The lowest BCUT2D eigenvalue weighted by molar-refractivity contribution is 0.0435. The SMILES string of the molecule is COCC1(C)CCN(C(=O)NCc2ccc(C(=O)O)cc2)CC1. The Balaban J connectivity index is 1.80. The van der Waals surface area contributed by atoms with Crippen molar-refractivity contribution >= 4 is 12.0 Å². The number of carboxylic acid groups (broad SMARTS) is 1. The zero-order chi connectivity index (χ0) is 16.9. The van der Waals surface area contributed by atoms with Crippen LogP contribution in [0.15, 0.2) is 24.3 Å². The minimum absolute atomic E-state index is 0.0771. The molecule has 6 nitrogen and oxygen atoms in total. The molecule has 1 aromatic carbocycles. The molecule has 0 atom stereocenters. The van der Waals surface area contributed by atoms with Gasteiger partial charge in [-0.15, -0.1) is 0 Å². The van der Waals surface area contributed by atoms with Gasteiger partial charge in [-0.1, -0.05) is 19.1 Å². The Morgan fingerprint density at radius 3 is 2.39 bits per heavy atom. The minimum atomic E-state index is -0.951. The van der Waals surface area contributed by atoms with Crippen molar-refractivity contribution in [3.8, 4) is 0 Å². The molecule has 6 heteroatoms. The number of benzene rings is 1. The summed E-state index contributed by atoms with van der Waals surface area (Å²) in [5.41, 5.74) is 1.27. The molecule has 0 unspecified atom stereocenters. The second-order valence-corrected chi connectivity index (χ2v) is 6.39. The second-order valence-electron chi connectivity index (χ2n) is 6.39. The zero-order valence-electron chi connectivity index (χ0n) is 13.7. The van der Waals surface area contributed by atoms with Crippen molar-refractivity contribution in [1.82, 2.24) is 10.2 Å². The summed E-state index contributed by atoms with van der Waals surface area (Å²) in [6, 6.07) is 6.44. The van der Waals surface area contributed by atoms with Gasteiger partial charge in [-0.05, 0) is 36.0 Å². The molecule has 23 heavy (non-hydrogen) atoms. The number of carbonyl (C=O) groups is 2. The molecule has 1 heterocycles. The van der Waals surface area contributed by atoms with Gasteiger partial charge in [-0.3, -0.25) is 0 Å². The number of piperidine rings is 1. The summed E-state index contributed by atoms with van der Waals surface area (Å²) in [4.78, 5) is 24.8. The number of ether oxygens (including phenoxy) is 1. The van der Waals surface area contributed by atoms with Crippen LogP contribution in [-0.2, 0) is 11.3 Å². The first-order valence-electron chi connectivity index (χ1n) is 7.77. The maximum absolute atomic E-state index is 12.2. The molecular weight excluding hydrogens is 296 g/mol. The van der Waals surface area contributed by atoms with Gasteiger partial charge in [0.25, 0.3) is 0 Å². The van der Waals surface area contributed by atoms with Crippen LogP contribution in [0.5, 0.6) is 0 Å². The van der Waals surface area contributed by atoms with Crippen LogP contribution in [0.4, 0.5) is 4.79 Å². The van der Waals surface area contributed by atoms with E-state index >= 15 is 0 Å². The summed E-state index contributed by atoms with van der Waals surface area (Å²) < 4.78 is 5.25. The van der Waals surface area contributed by atoms with Gasteiger partial charge < -0.3 is 20.1 Å². The van der Waals surface area contributed by atoms with Crippen LogP contribution in [0.3, 0.4) is 0 Å². The van der Waals surface area contributed by atoms with Crippen molar-refractivity contribution in [1.29, 1.82) is 0 Å². The summed E-state index contributed by atoms with van der Waals surface area (Å²) in [6.07, 6.45) is 1.86. The number of hydrogen-bond donors (Lipinski definition) is 2. The molecule has 1 aliphatic rings. The maximum Gasteiger partial charge on any atom is 0.335 e. The fraction of sp³-hybridized carbons (Fsp3) is 0.529. The molecule has 0 bridgehead atoms. The van der Waals surface area contributed by atoms with Gasteiger partial charge in [0.1, 0.15) is 0 Å². The highest BCUT2D eigenvalue weighted by Gasteiger charge is 2.31. The van der Waals surface area contributed by atoms with E-state index in [2.05, 4.69) is 12.2 Å². The molecule has 1 saturated heterocycles. The Morgan fingerprint density at radius 1 is 1.26 bits per heavy atom. The third-order valence-corrected chi connectivity index (χ3v) is 4.40. The topological polar surface area (TPSA) is 78.9 Å². The van der Waals surface area contributed by atoms with E-state index in [-0.39, 0.29) is 17.0 Å². The van der Waals surface area contributed by atoms with Crippen LogP contribution in [-0.4, -0.2) is 48.8 Å². The van der Waals surface area contributed by atoms with E-state index in [1.165, 1.54) is 0 Å². The molecule has 126 valence electrons. The van der Waals surface area contributed by atoms with Crippen molar-refractivity contribution in [3.05, 3.63) is 35.4 Å². The standard InChI is InChI=1S/C17H24N2O4/c1-17(12-23-2)7-9-19(10-8-17)16(22)18-11-13-3-5-14(6-4-13)15(20)21/h3-6H,7-12H2,1-2H3,(H,18,22)(H,20,21). The molecule has 0 saturated carbocycles. The quantitative estimate of drug-likeness (QED) is 0.873. The van der Waals surface area contributed by atoms with Crippen LogP contribution in [0.1, 0.15) is 35.7 Å². The monoisotopic (exact) mass is 320 g/mol. The van der Waals surface area contributed by atoms with Crippen molar-refractivity contribution in [3.63, 3.8) is 0 Å². The summed E-state index contributed by atoms with van der Waals surface area (Å²) in [5.74, 6) is -0.951. The Labute approximate surface area is 136 Å². The predicted octanol–water partition coefficient (Wildman–Crippen LogP) is 2.34. The molecule has 2 amide bonds. The normalized spacial score (nSPS) is 16.9. The molecule has 1 aliphatic heterocycles. The van der Waals surface area contributed by atoms with Gasteiger partial charge in [0, 0.05) is 26.7 Å². The summed E-state index contributed by atoms with van der Waals surface area (Å²) in [7, 11) is 1.71. The third-order valence-electron chi connectivity index (χ3n) is 4.40. The molecule has 0 spiro atoms. The van der Waals surface area contributed by atoms with Crippen LogP contribution >= 0.6 is 0 Å². The highest BCUT2D eigenvalue weighted by molar-refractivity contribution is 5.87. The molecule has 0 aliphatic carbocycles. The van der Waals surface area contributed by atoms with E-state index in [9.17, 15) is 9.59 Å². The molecule has 2 rings (SSSR count). The van der Waals surface area contributed by atoms with Gasteiger partial charge in [0.15, 0.2) is 0 Å². The van der Waals surface area contributed by atoms with Gasteiger partial charge in [-0.2, -0.15) is 0 Å². The van der Waals surface area contributed by atoms with E-state index in [0.29, 0.717) is 6.54 Å². The first-order valence-corrected chi connectivity index (χ1v) is 7.77. The van der Waals surface area contributed by atoms with E-state index in [4.69, 9.17) is 9.84 Å². The first kappa shape index (κ1) is 17.3. The lowest BCUT2D eigenvalue weighted by atomic mass is 9.81. The highest BCUT2D eigenvalue weighted by atomic mass is 16.5. The molecular formula is C17H24N2O4. The Morgan fingerprint density at radius 2 is 1.87 bits per heavy atom. The lowest BCUT2D eigenvalue weighted by Gasteiger charge is -2.38. The number of hydrogen-bond acceptors (Lipinski definition) is 3. The van der Waals surface area contributed by atoms with E-state index in [1.807, 2.05) is 4.90 Å². The highest BCUT2D eigenvalue weighted by Crippen LogP contribution is 2.30. The number of rotatable bonds is 5. The zero-order valence-corrected chi connectivity index (χ0v) is 13.7. The predicted molar refractivity (Wildman–Crippen MR) is 86.4 cm³/mol. The third kappa shape index (κ3) is 4.69. The average molecular weight is 320 g/mol. The number of amides is 2. The van der Waals surface area contributed by atoms with Gasteiger partial charge >= 0.3 is 12.0 Å². The minimum Gasteiger partial charge on any atom is -0.478 e. The van der Waals surface area contributed by atoms with Crippen molar-refractivity contribution in [2.45, 2.75) is 26.3 Å². The van der Waals surface area contributed by atoms with Gasteiger partial charge in [0.05, 0.1) is 12.2 Å². The average Bonchev–Trinajstić information content (AvgIpc) is 2.53. The number of urea groups is 1. The number of nitrogens with zero attached hydrogens (tertiary/aromatic N) is 1. The first-order chi connectivity index (χ1) is 10.9. The summed E-state index contributed by atoms with van der Waals surface area (Å²) in [6.45, 7) is 4.76. The molecule has 1 aromatic rings. The summed E-state index contributed by atoms with van der Waals surface area (Å²) >= 11 is 0. The number of carbonyl (C=O) groups excluding carboxylic acids is 1. The van der Waals surface area contributed by atoms with Gasteiger partial charge in [-0.25, -0.2) is 9.59 Å². The fourth-order valence-corrected chi connectivity index (χ4v) is 2.80. The van der Waals surface area contributed by atoms with E-state index in [1.54, 1.807) is 31.4 Å². The van der Waals surface area contributed by atoms with E-state index in [0.717, 1.165) is 38.1 Å². The molecule has 0 aromatic heterocycles. The van der Waals surface area contributed by atoms with Crippen molar-refractivity contribution in [2.75, 3.05) is 26.8 Å². The maximum atomic E-state index is 12.2. The van der Waals surface area contributed by atoms with E-state index < -0.39 is 5.97 Å². The second kappa shape index (κ2) is 7.46. The lowest BCUT2D eigenvalue weighted by Crippen LogP contribution is -2.47. The number of aromatic carboxylic acids is 1. The van der Waals surface area contributed by atoms with Crippen LogP contribution in [0.2, 0.25) is 0 Å². The number of likely N-dealkylation sites (tertiary alicyclic amines) is 1. The van der Waals surface area contributed by atoms with Crippen molar-refractivity contribution < 1.29 is 19.4 Å². The smallest absolute Gasteiger partial charge is 0.335 e. The van der Waals surface area contributed by atoms with Crippen LogP contribution in [0.25, 0.3) is 0 Å². The molecule has 2 N–H and O–H groups in total. The molecule has 1 fully saturated rings. The number of methoxy groups -OCH3 is 1. The van der Waals surface area contributed by atoms with Crippen LogP contribution in [0, 0.1) is 5.41 Å². The summed E-state index contributed by atoms with van der Waals surface area (Å²) in [5, 5.41) is 11.7. The number of nitrogens with one attached hydrogen (secondary N) is 1. The number of carboxylic acids is 1. The van der Waals surface area contributed by atoms with Gasteiger partial charge in [0.2, 0.25) is 0 Å². The van der Waals surface area contributed by atoms with Crippen LogP contribution < -0.4 is 5.32 Å². The fourth-order valence-electron chi connectivity index (χ4n) is 2.80. The Bertz CT molecular complexity index is 548. The Hall–Kier alpha value is -2.08. The van der Waals surface area contributed by atoms with Crippen molar-refractivity contribution in [2.24, 2.45) is 5.41 Å².